The fraction of sp³-hybridized carbons (Fsp3) is 0.444. The predicted octanol–water partition coefficient (Wildman–Crippen LogP) is 2.01. The van der Waals surface area contributed by atoms with Crippen molar-refractivity contribution < 1.29 is 9.16 Å². The molecular weight excluding hydrogens is 154 g/mol. The van der Waals surface area contributed by atoms with Crippen LogP contribution in [-0.4, -0.2) is 16.5 Å². The summed E-state index contributed by atoms with van der Waals surface area (Å²) in [4.78, 5) is 0. The van der Waals surface area contributed by atoms with Crippen molar-refractivity contribution in [1.82, 2.24) is 0 Å². The number of furan rings is 1. The summed E-state index contributed by atoms with van der Waals surface area (Å²) in [5.41, 5.74) is -0.410. The van der Waals surface area contributed by atoms with Gasteiger partial charge in [0.05, 0.1) is 6.26 Å². The van der Waals surface area contributed by atoms with Crippen LogP contribution >= 0.6 is 0 Å². The maximum atomic E-state index is 11.3. The second kappa shape index (κ2) is 3.01. The maximum Gasteiger partial charge on any atom is 0.218 e. The molecule has 0 saturated heterocycles. The van der Waals surface area contributed by atoms with E-state index in [1.54, 1.807) is 18.4 Å². The van der Waals surface area contributed by atoms with Crippen molar-refractivity contribution in [2.24, 2.45) is 0 Å². The zero-order valence-corrected chi connectivity index (χ0v) is 7.57. The van der Waals surface area contributed by atoms with E-state index in [2.05, 4.69) is 0 Å². The topological polar surface area (TPSA) is 39.2 Å². The summed E-state index contributed by atoms with van der Waals surface area (Å²) in [6.45, 7) is 5.54. The zero-order chi connectivity index (χ0) is 9.19. The summed E-state index contributed by atoms with van der Waals surface area (Å²) in [6.07, 6.45) is 2.99. The van der Waals surface area contributed by atoms with Gasteiger partial charge in [-0.1, -0.05) is 0 Å². The van der Waals surface area contributed by atoms with Gasteiger partial charge in [-0.3, -0.25) is 0 Å². The molecule has 0 radical (unpaired) electrons. The summed E-state index contributed by atoms with van der Waals surface area (Å²) < 4.78 is 5.88. The monoisotopic (exact) mass is 167 g/mol. The highest BCUT2D eigenvalue weighted by Gasteiger charge is 2.18. The summed E-state index contributed by atoms with van der Waals surface area (Å²) in [7, 11) is 0. The third-order valence-electron chi connectivity index (χ3n) is 1.45. The highest BCUT2D eigenvalue weighted by molar-refractivity contribution is 5.71. The number of hydroxylamine groups is 1. The molecule has 1 rings (SSSR count). The minimum absolute atomic E-state index is 0.410. The molecule has 0 saturated carbocycles. The Balaban J connectivity index is 2.84. The van der Waals surface area contributed by atoms with Gasteiger partial charge in [0.1, 0.15) is 0 Å². The van der Waals surface area contributed by atoms with Crippen LogP contribution in [0.3, 0.4) is 0 Å². The maximum absolute atomic E-state index is 11.3. The Morgan fingerprint density at radius 3 is 2.58 bits per heavy atom. The van der Waals surface area contributed by atoms with E-state index < -0.39 is 5.54 Å². The highest BCUT2D eigenvalue weighted by atomic mass is 16.5. The van der Waals surface area contributed by atoms with E-state index in [0.717, 1.165) is 4.74 Å². The first-order valence-corrected chi connectivity index (χ1v) is 3.85. The van der Waals surface area contributed by atoms with E-state index >= 15 is 0 Å². The molecule has 1 aromatic heterocycles. The zero-order valence-electron chi connectivity index (χ0n) is 7.57. The Hall–Kier alpha value is -1.25. The molecule has 1 aromatic rings. The van der Waals surface area contributed by atoms with Crippen molar-refractivity contribution in [2.75, 3.05) is 0 Å². The van der Waals surface area contributed by atoms with Crippen LogP contribution < -0.4 is 0 Å². The van der Waals surface area contributed by atoms with E-state index in [1.165, 1.54) is 6.21 Å². The Labute approximate surface area is 71.9 Å². The second-order valence-electron chi connectivity index (χ2n) is 3.64. The molecule has 0 unspecified atom stereocenters. The van der Waals surface area contributed by atoms with Crippen molar-refractivity contribution in [3.8, 4) is 0 Å². The van der Waals surface area contributed by atoms with Gasteiger partial charge < -0.3 is 9.62 Å². The number of hydrogen-bond acceptors (Lipinski definition) is 2. The van der Waals surface area contributed by atoms with Crippen molar-refractivity contribution in [2.45, 2.75) is 26.3 Å². The van der Waals surface area contributed by atoms with Gasteiger partial charge >= 0.3 is 0 Å². The van der Waals surface area contributed by atoms with Gasteiger partial charge in [0, 0.05) is 20.8 Å². The molecule has 0 amide bonds. The smallest absolute Gasteiger partial charge is 0.218 e. The largest absolute Gasteiger partial charge is 0.623 e. The van der Waals surface area contributed by atoms with Crippen molar-refractivity contribution in [3.05, 3.63) is 29.4 Å². The van der Waals surface area contributed by atoms with Crippen LogP contribution in [-0.2, 0) is 0 Å². The van der Waals surface area contributed by atoms with Crippen LogP contribution in [0.5, 0.6) is 0 Å². The van der Waals surface area contributed by atoms with Gasteiger partial charge in [-0.2, -0.15) is 0 Å². The first kappa shape index (κ1) is 8.84. The molecule has 0 atom stereocenters. The van der Waals surface area contributed by atoms with Crippen LogP contribution in [0.1, 0.15) is 26.5 Å². The van der Waals surface area contributed by atoms with Gasteiger partial charge in [-0.05, 0) is 12.1 Å². The number of hydrogen-bond donors (Lipinski definition) is 0. The lowest BCUT2D eigenvalue weighted by molar-refractivity contribution is -0.530. The molecule has 0 spiro atoms. The number of rotatable bonds is 1. The lowest BCUT2D eigenvalue weighted by Gasteiger charge is -2.17. The minimum atomic E-state index is -0.410. The standard InChI is InChI=1S/C9H13NO2/c1-9(2,3)10(11)7-8-5-4-6-12-8/h4-7H,1-3H3/b10-7-. The van der Waals surface area contributed by atoms with Crippen molar-refractivity contribution in [3.63, 3.8) is 0 Å². The first-order chi connectivity index (χ1) is 5.50. The van der Waals surface area contributed by atoms with E-state index in [9.17, 15) is 5.21 Å². The Bertz CT molecular complexity index is 267. The number of nitrogens with zero attached hydrogens (tertiary/aromatic N) is 1. The third kappa shape index (κ3) is 2.12. The Morgan fingerprint density at radius 2 is 2.17 bits per heavy atom. The molecule has 3 heteroatoms. The summed E-state index contributed by atoms with van der Waals surface area (Å²) >= 11 is 0. The van der Waals surface area contributed by atoms with Crippen LogP contribution in [0, 0.1) is 5.21 Å². The molecule has 0 bridgehead atoms. The van der Waals surface area contributed by atoms with E-state index in [1.807, 2.05) is 20.8 Å². The molecule has 3 nitrogen and oxygen atoms in total. The van der Waals surface area contributed by atoms with E-state index in [4.69, 9.17) is 4.42 Å². The molecule has 66 valence electrons. The molecule has 0 N–H and O–H groups in total. The van der Waals surface area contributed by atoms with Gasteiger partial charge in [0.25, 0.3) is 0 Å². The lowest BCUT2D eigenvalue weighted by atomic mass is 10.1. The molecule has 0 aromatic carbocycles. The van der Waals surface area contributed by atoms with Gasteiger partial charge in [-0.15, -0.1) is 0 Å². The van der Waals surface area contributed by atoms with Crippen LogP contribution in [0.4, 0.5) is 0 Å². The van der Waals surface area contributed by atoms with E-state index in [0.29, 0.717) is 5.76 Å². The SMILES string of the molecule is CC(C)(C)/[N+]([O-])=C/c1ccco1. The van der Waals surface area contributed by atoms with Gasteiger partial charge in [-0.25, -0.2) is 4.74 Å². The third-order valence-corrected chi connectivity index (χ3v) is 1.45. The minimum Gasteiger partial charge on any atom is -0.623 e. The summed E-state index contributed by atoms with van der Waals surface area (Å²) in [5, 5.41) is 11.3. The molecule has 1 heterocycles. The summed E-state index contributed by atoms with van der Waals surface area (Å²) in [6, 6.07) is 3.50. The van der Waals surface area contributed by atoms with Gasteiger partial charge in [0.2, 0.25) is 6.21 Å². The van der Waals surface area contributed by atoms with Crippen molar-refractivity contribution in [1.29, 1.82) is 0 Å². The first-order valence-electron chi connectivity index (χ1n) is 3.85. The molecule has 0 aliphatic rings. The average Bonchev–Trinajstić information content (AvgIpc) is 2.37. The molecule has 12 heavy (non-hydrogen) atoms. The molecule has 0 aliphatic heterocycles. The van der Waals surface area contributed by atoms with Crippen molar-refractivity contribution >= 4 is 6.21 Å². The quantitative estimate of drug-likeness (QED) is 0.278. The molecule has 0 aliphatic carbocycles. The lowest BCUT2D eigenvalue weighted by Crippen LogP contribution is -2.29. The van der Waals surface area contributed by atoms with Crippen LogP contribution in [0.15, 0.2) is 22.8 Å². The second-order valence-corrected chi connectivity index (χ2v) is 3.64. The predicted molar refractivity (Wildman–Crippen MR) is 47.3 cm³/mol. The van der Waals surface area contributed by atoms with Gasteiger partial charge in [0.15, 0.2) is 11.3 Å². The average molecular weight is 167 g/mol. The van der Waals surface area contributed by atoms with Crippen LogP contribution in [0.2, 0.25) is 0 Å². The Kier molecular flexibility index (Phi) is 2.22. The van der Waals surface area contributed by atoms with E-state index in [-0.39, 0.29) is 0 Å². The Morgan fingerprint density at radius 1 is 1.50 bits per heavy atom. The fourth-order valence-corrected chi connectivity index (χ4v) is 0.674. The fourth-order valence-electron chi connectivity index (χ4n) is 0.674. The molecular formula is C9H13NO2. The molecule has 0 fully saturated rings. The van der Waals surface area contributed by atoms with Crippen LogP contribution in [0.25, 0.3) is 0 Å². The normalized spacial score (nSPS) is 13.4. The highest BCUT2D eigenvalue weighted by Crippen LogP contribution is 2.06. The summed E-state index contributed by atoms with van der Waals surface area (Å²) in [5.74, 6) is 0.583.